The molecule has 1 aromatic carbocycles. The minimum Gasteiger partial charge on any atom is -0.364 e. The second-order valence-electron chi connectivity index (χ2n) is 3.83. The van der Waals surface area contributed by atoms with Crippen LogP contribution in [-0.2, 0) is 6.54 Å². The molecule has 2 aromatic heterocycles. The smallest absolute Gasteiger partial charge is 0.155 e. The highest BCUT2D eigenvalue weighted by Gasteiger charge is 2.03. The van der Waals surface area contributed by atoms with Crippen LogP contribution in [-0.4, -0.2) is 15.2 Å². The molecule has 4 heteroatoms. The number of hydrogen-bond acceptors (Lipinski definition) is 3. The number of para-hydroxylation sites is 1. The summed E-state index contributed by atoms with van der Waals surface area (Å²) in [5.41, 5.74) is 2.18. The molecule has 0 saturated heterocycles. The zero-order valence-corrected chi connectivity index (χ0v) is 9.22. The Balaban J connectivity index is 1.82. The molecule has 3 rings (SSSR count). The zero-order chi connectivity index (χ0) is 11.5. The molecule has 0 atom stereocenters. The summed E-state index contributed by atoms with van der Waals surface area (Å²) in [6.45, 7) is 0.725. The minimum atomic E-state index is 0.725. The lowest BCUT2D eigenvalue weighted by Crippen LogP contribution is -2.00. The lowest BCUT2D eigenvalue weighted by Gasteiger charge is -2.02. The van der Waals surface area contributed by atoms with Crippen LogP contribution in [0.3, 0.4) is 0 Å². The van der Waals surface area contributed by atoms with Gasteiger partial charge in [0.15, 0.2) is 5.82 Å². The number of nitrogens with zero attached hydrogens (tertiary/aromatic N) is 2. The molecule has 0 saturated carbocycles. The van der Waals surface area contributed by atoms with Crippen molar-refractivity contribution in [1.29, 1.82) is 0 Å². The number of H-pyrrole nitrogens is 1. The highest BCUT2D eigenvalue weighted by molar-refractivity contribution is 5.89. The molecule has 0 aliphatic rings. The molecule has 2 N–H and O–H groups in total. The van der Waals surface area contributed by atoms with Gasteiger partial charge < -0.3 is 5.32 Å². The van der Waals surface area contributed by atoms with Crippen molar-refractivity contribution in [3.63, 3.8) is 0 Å². The van der Waals surface area contributed by atoms with Crippen LogP contribution in [0.4, 0.5) is 5.82 Å². The SMILES string of the molecule is c1cncc(CNc2n[nH]c3ccccc23)c1. The summed E-state index contributed by atoms with van der Waals surface area (Å²) in [6.07, 6.45) is 3.62. The molecule has 0 aliphatic carbocycles. The molecule has 0 bridgehead atoms. The van der Waals surface area contributed by atoms with Gasteiger partial charge in [0.25, 0.3) is 0 Å². The number of pyridine rings is 1. The van der Waals surface area contributed by atoms with Crippen molar-refractivity contribution < 1.29 is 0 Å². The van der Waals surface area contributed by atoms with E-state index >= 15 is 0 Å². The number of aromatic nitrogens is 3. The fourth-order valence-corrected chi connectivity index (χ4v) is 1.79. The van der Waals surface area contributed by atoms with Gasteiger partial charge in [0.1, 0.15) is 0 Å². The zero-order valence-electron chi connectivity index (χ0n) is 9.22. The van der Waals surface area contributed by atoms with Crippen LogP contribution in [0.1, 0.15) is 5.56 Å². The molecule has 0 unspecified atom stereocenters. The van der Waals surface area contributed by atoms with Gasteiger partial charge in [-0.15, -0.1) is 0 Å². The molecule has 84 valence electrons. The van der Waals surface area contributed by atoms with Gasteiger partial charge in [-0.1, -0.05) is 18.2 Å². The van der Waals surface area contributed by atoms with Gasteiger partial charge in [0.05, 0.1) is 5.52 Å². The largest absolute Gasteiger partial charge is 0.364 e. The van der Waals surface area contributed by atoms with Gasteiger partial charge >= 0.3 is 0 Å². The van der Waals surface area contributed by atoms with E-state index in [-0.39, 0.29) is 0 Å². The maximum Gasteiger partial charge on any atom is 0.155 e. The van der Waals surface area contributed by atoms with Crippen molar-refractivity contribution >= 4 is 16.7 Å². The number of fused-ring (bicyclic) bond motifs is 1. The van der Waals surface area contributed by atoms with Crippen LogP contribution in [0.15, 0.2) is 48.8 Å². The van der Waals surface area contributed by atoms with Gasteiger partial charge in [-0.3, -0.25) is 10.1 Å². The summed E-state index contributed by atoms with van der Waals surface area (Å²) in [6, 6.07) is 12.0. The maximum absolute atomic E-state index is 4.25. The molecular formula is C13H12N4. The van der Waals surface area contributed by atoms with Crippen LogP contribution in [0.5, 0.6) is 0 Å². The van der Waals surface area contributed by atoms with Crippen molar-refractivity contribution in [3.8, 4) is 0 Å². The predicted molar refractivity (Wildman–Crippen MR) is 67.7 cm³/mol. The van der Waals surface area contributed by atoms with Gasteiger partial charge in [0.2, 0.25) is 0 Å². The maximum atomic E-state index is 4.25. The monoisotopic (exact) mass is 224 g/mol. The quantitative estimate of drug-likeness (QED) is 0.719. The summed E-state index contributed by atoms with van der Waals surface area (Å²) in [5, 5.41) is 11.7. The van der Waals surface area contributed by atoms with Crippen LogP contribution >= 0.6 is 0 Å². The Morgan fingerprint density at radius 1 is 1.12 bits per heavy atom. The third-order valence-corrected chi connectivity index (χ3v) is 2.65. The van der Waals surface area contributed by atoms with Gasteiger partial charge in [-0.2, -0.15) is 5.10 Å². The molecule has 4 nitrogen and oxygen atoms in total. The van der Waals surface area contributed by atoms with Crippen LogP contribution in [0.2, 0.25) is 0 Å². The van der Waals surface area contributed by atoms with Crippen molar-refractivity contribution in [2.24, 2.45) is 0 Å². The van der Waals surface area contributed by atoms with E-state index in [1.54, 1.807) is 6.20 Å². The van der Waals surface area contributed by atoms with Crippen LogP contribution < -0.4 is 5.32 Å². The number of rotatable bonds is 3. The topological polar surface area (TPSA) is 53.6 Å². The molecule has 17 heavy (non-hydrogen) atoms. The molecule has 0 amide bonds. The van der Waals surface area contributed by atoms with E-state index in [0.29, 0.717) is 0 Å². The fourth-order valence-electron chi connectivity index (χ4n) is 1.79. The molecule has 3 aromatic rings. The molecular weight excluding hydrogens is 212 g/mol. The van der Waals surface area contributed by atoms with Gasteiger partial charge in [-0.25, -0.2) is 0 Å². The predicted octanol–water partition coefficient (Wildman–Crippen LogP) is 2.57. The van der Waals surface area contributed by atoms with Crippen LogP contribution in [0.25, 0.3) is 10.9 Å². The highest BCUT2D eigenvalue weighted by Crippen LogP contribution is 2.19. The molecule has 0 spiro atoms. The van der Waals surface area contributed by atoms with E-state index in [1.165, 1.54) is 0 Å². The Labute approximate surface area is 98.7 Å². The third-order valence-electron chi connectivity index (χ3n) is 2.65. The average Bonchev–Trinajstić information content (AvgIpc) is 2.81. The van der Waals surface area contributed by atoms with E-state index < -0.39 is 0 Å². The Morgan fingerprint density at radius 3 is 2.94 bits per heavy atom. The molecule has 0 fully saturated rings. The Morgan fingerprint density at radius 2 is 2.06 bits per heavy atom. The van der Waals surface area contributed by atoms with Crippen molar-refractivity contribution in [2.75, 3.05) is 5.32 Å². The van der Waals surface area contributed by atoms with Crippen molar-refractivity contribution in [3.05, 3.63) is 54.4 Å². The molecule has 0 aliphatic heterocycles. The molecule has 2 heterocycles. The summed E-state index contributed by atoms with van der Waals surface area (Å²) >= 11 is 0. The number of hydrogen-bond donors (Lipinski definition) is 2. The lowest BCUT2D eigenvalue weighted by molar-refractivity contribution is 1.05. The molecule has 0 radical (unpaired) electrons. The summed E-state index contributed by atoms with van der Waals surface area (Å²) in [7, 11) is 0. The van der Waals surface area contributed by atoms with E-state index in [9.17, 15) is 0 Å². The van der Waals surface area contributed by atoms with Crippen LogP contribution in [0, 0.1) is 0 Å². The first-order valence-electron chi connectivity index (χ1n) is 5.49. The first-order valence-corrected chi connectivity index (χ1v) is 5.49. The normalized spacial score (nSPS) is 10.6. The van der Waals surface area contributed by atoms with E-state index in [4.69, 9.17) is 0 Å². The Kier molecular flexibility index (Phi) is 2.46. The summed E-state index contributed by atoms with van der Waals surface area (Å²) < 4.78 is 0. The van der Waals surface area contributed by atoms with E-state index in [1.807, 2.05) is 42.6 Å². The first kappa shape index (κ1) is 9.84. The fraction of sp³-hybridized carbons (Fsp3) is 0.0769. The van der Waals surface area contributed by atoms with Gasteiger partial charge in [0, 0.05) is 24.3 Å². The summed E-state index contributed by atoms with van der Waals surface area (Å²) in [5.74, 6) is 0.879. The standard InChI is InChI=1S/C13H12N4/c1-2-6-12-11(5-1)13(17-16-12)15-9-10-4-3-7-14-8-10/h1-8H,9H2,(H2,15,16,17). The van der Waals surface area contributed by atoms with E-state index in [2.05, 4.69) is 20.5 Å². The second-order valence-corrected chi connectivity index (χ2v) is 3.83. The third kappa shape index (κ3) is 1.97. The number of aromatic amines is 1. The minimum absolute atomic E-state index is 0.725. The van der Waals surface area contributed by atoms with E-state index in [0.717, 1.165) is 28.8 Å². The number of anilines is 1. The lowest BCUT2D eigenvalue weighted by atomic mass is 10.2. The van der Waals surface area contributed by atoms with Crippen molar-refractivity contribution in [1.82, 2.24) is 15.2 Å². The second kappa shape index (κ2) is 4.25. The number of benzene rings is 1. The van der Waals surface area contributed by atoms with Gasteiger partial charge in [-0.05, 0) is 23.8 Å². The first-order chi connectivity index (χ1) is 8.43. The number of nitrogens with one attached hydrogen (secondary N) is 2. The average molecular weight is 224 g/mol. The summed E-state index contributed by atoms with van der Waals surface area (Å²) in [4.78, 5) is 4.08. The highest BCUT2D eigenvalue weighted by atomic mass is 15.2. The van der Waals surface area contributed by atoms with Crippen molar-refractivity contribution in [2.45, 2.75) is 6.54 Å². The Bertz CT molecular complexity index is 615. The Hall–Kier alpha value is -2.36.